The van der Waals surface area contributed by atoms with Crippen LogP contribution in [-0.2, 0) is 10.1 Å². The zero-order chi connectivity index (χ0) is 7.71. The van der Waals surface area contributed by atoms with Gasteiger partial charge in [-0.15, -0.1) is 0 Å². The summed E-state index contributed by atoms with van der Waals surface area (Å²) in [5, 5.41) is 8.82. The van der Waals surface area contributed by atoms with Gasteiger partial charge in [0.2, 0.25) is 0 Å². The van der Waals surface area contributed by atoms with Crippen molar-refractivity contribution in [2.24, 2.45) is 0 Å². The molecule has 1 unspecified atom stereocenters. The molecule has 0 aliphatic rings. The fourth-order valence-electron chi connectivity index (χ4n) is 0.182. The predicted molar refractivity (Wildman–Crippen MR) is 32.5 cm³/mol. The van der Waals surface area contributed by atoms with Crippen LogP contribution >= 0.6 is 0 Å². The Labute approximate surface area is 54.3 Å². The van der Waals surface area contributed by atoms with E-state index in [1.54, 1.807) is 0 Å². The molecular weight excluding hydrogens is 144 g/mol. The van der Waals surface area contributed by atoms with Crippen LogP contribution in [0.1, 0.15) is 20.3 Å². The lowest BCUT2D eigenvalue weighted by Gasteiger charge is -2.15. The minimum atomic E-state index is -4.30. The van der Waals surface area contributed by atoms with Gasteiger partial charge in [-0.05, 0) is 13.3 Å². The topological polar surface area (TPSA) is 74.6 Å². The second-order valence-electron chi connectivity index (χ2n) is 2.00. The molecule has 0 rings (SSSR count). The molecule has 0 heterocycles. The van der Waals surface area contributed by atoms with E-state index in [9.17, 15) is 8.42 Å². The third kappa shape index (κ3) is 1.92. The molecule has 0 saturated heterocycles. The Bertz CT molecular complexity index is 179. The van der Waals surface area contributed by atoms with Gasteiger partial charge in [-0.3, -0.25) is 4.55 Å². The van der Waals surface area contributed by atoms with Crippen LogP contribution in [-0.4, -0.2) is 23.0 Å². The van der Waals surface area contributed by atoms with E-state index in [0.717, 1.165) is 6.92 Å². The van der Waals surface area contributed by atoms with Crippen molar-refractivity contribution in [2.75, 3.05) is 0 Å². The first-order valence-corrected chi connectivity index (χ1v) is 3.94. The van der Waals surface area contributed by atoms with Crippen LogP contribution < -0.4 is 0 Å². The summed E-state index contributed by atoms with van der Waals surface area (Å²) < 4.78 is 28.6. The van der Waals surface area contributed by atoms with Gasteiger partial charge in [0.15, 0.2) is 4.93 Å². The lowest BCUT2D eigenvalue weighted by Crippen LogP contribution is -2.33. The summed E-state index contributed by atoms with van der Waals surface area (Å²) in [4.78, 5) is -1.99. The largest absolute Gasteiger partial charge is 0.373 e. The van der Waals surface area contributed by atoms with Gasteiger partial charge in [-0.1, -0.05) is 6.92 Å². The molecule has 2 N–H and O–H groups in total. The molecule has 0 fully saturated rings. The Morgan fingerprint density at radius 2 is 1.89 bits per heavy atom. The Kier molecular flexibility index (Phi) is 2.21. The summed E-state index contributed by atoms with van der Waals surface area (Å²) in [5.41, 5.74) is 0. The summed E-state index contributed by atoms with van der Waals surface area (Å²) in [7, 11) is -4.30. The Balaban J connectivity index is 4.56. The zero-order valence-corrected chi connectivity index (χ0v) is 6.14. The molecule has 0 saturated carbocycles. The molecule has 0 aliphatic carbocycles. The van der Waals surface area contributed by atoms with Crippen LogP contribution in [0.5, 0.6) is 0 Å². The monoisotopic (exact) mass is 154 g/mol. The lowest BCUT2D eigenvalue weighted by atomic mass is 10.3. The van der Waals surface area contributed by atoms with Gasteiger partial charge in [-0.25, -0.2) is 0 Å². The Morgan fingerprint density at radius 3 is 1.89 bits per heavy atom. The van der Waals surface area contributed by atoms with E-state index in [1.165, 1.54) is 6.92 Å². The molecule has 0 bridgehead atoms. The van der Waals surface area contributed by atoms with E-state index < -0.39 is 15.1 Å². The summed E-state index contributed by atoms with van der Waals surface area (Å²) >= 11 is 0. The van der Waals surface area contributed by atoms with Crippen molar-refractivity contribution in [3.63, 3.8) is 0 Å². The summed E-state index contributed by atoms with van der Waals surface area (Å²) in [5.74, 6) is 0. The number of rotatable bonds is 2. The predicted octanol–water partition coefficient (Wildman–Crippen LogP) is -0.00730. The normalized spacial score (nSPS) is 19.1. The third-order valence-electron chi connectivity index (χ3n) is 1.21. The molecule has 0 spiro atoms. The fourth-order valence-corrected chi connectivity index (χ4v) is 0.547. The molecule has 4 nitrogen and oxygen atoms in total. The van der Waals surface area contributed by atoms with Crippen molar-refractivity contribution in [1.29, 1.82) is 0 Å². The van der Waals surface area contributed by atoms with Gasteiger partial charge in [0.05, 0.1) is 0 Å². The maximum atomic E-state index is 10.2. The molecule has 0 amide bonds. The van der Waals surface area contributed by atoms with E-state index in [1.807, 2.05) is 0 Å². The second-order valence-corrected chi connectivity index (χ2v) is 3.83. The second kappa shape index (κ2) is 2.24. The highest BCUT2D eigenvalue weighted by atomic mass is 32.2. The maximum Gasteiger partial charge on any atom is 0.294 e. The van der Waals surface area contributed by atoms with Crippen LogP contribution in [0.2, 0.25) is 0 Å². The first-order chi connectivity index (χ1) is 3.81. The maximum absolute atomic E-state index is 10.2. The van der Waals surface area contributed by atoms with Crippen molar-refractivity contribution in [1.82, 2.24) is 0 Å². The van der Waals surface area contributed by atoms with E-state index in [4.69, 9.17) is 9.66 Å². The van der Waals surface area contributed by atoms with Crippen molar-refractivity contribution in [3.05, 3.63) is 0 Å². The smallest absolute Gasteiger partial charge is 0.294 e. The average molecular weight is 154 g/mol. The van der Waals surface area contributed by atoms with Gasteiger partial charge in [0, 0.05) is 0 Å². The molecule has 5 heteroatoms. The third-order valence-corrected chi connectivity index (χ3v) is 2.61. The number of aliphatic hydroxyl groups is 1. The van der Waals surface area contributed by atoms with Gasteiger partial charge in [0.25, 0.3) is 10.1 Å². The molecule has 0 aromatic rings. The molecule has 0 aliphatic heterocycles. The molecule has 56 valence electrons. The Morgan fingerprint density at radius 1 is 1.56 bits per heavy atom. The van der Waals surface area contributed by atoms with Gasteiger partial charge < -0.3 is 5.11 Å². The van der Waals surface area contributed by atoms with E-state index >= 15 is 0 Å². The SMILES string of the molecule is CCC(C)(O)S(=O)(=O)O. The highest BCUT2D eigenvalue weighted by molar-refractivity contribution is 7.87. The first-order valence-electron chi connectivity index (χ1n) is 2.50. The van der Waals surface area contributed by atoms with Crippen LogP contribution in [0.4, 0.5) is 0 Å². The van der Waals surface area contributed by atoms with Crippen molar-refractivity contribution in [3.8, 4) is 0 Å². The van der Waals surface area contributed by atoms with Crippen LogP contribution in [0.15, 0.2) is 0 Å². The molecule has 9 heavy (non-hydrogen) atoms. The number of hydrogen-bond acceptors (Lipinski definition) is 3. The van der Waals surface area contributed by atoms with E-state index in [0.29, 0.717) is 0 Å². The van der Waals surface area contributed by atoms with Gasteiger partial charge in [-0.2, -0.15) is 8.42 Å². The average Bonchev–Trinajstić information content (AvgIpc) is 1.64. The minimum Gasteiger partial charge on any atom is -0.373 e. The highest BCUT2D eigenvalue weighted by Gasteiger charge is 2.32. The van der Waals surface area contributed by atoms with Crippen LogP contribution in [0.3, 0.4) is 0 Å². The van der Waals surface area contributed by atoms with Crippen LogP contribution in [0.25, 0.3) is 0 Å². The van der Waals surface area contributed by atoms with Crippen molar-refractivity contribution < 1.29 is 18.1 Å². The molecular formula is C4H10O4S. The Hall–Kier alpha value is -0.130. The molecule has 0 radical (unpaired) electrons. The molecule has 0 aromatic carbocycles. The van der Waals surface area contributed by atoms with Gasteiger partial charge in [0.1, 0.15) is 0 Å². The quantitative estimate of drug-likeness (QED) is 0.549. The zero-order valence-electron chi connectivity index (χ0n) is 5.33. The van der Waals surface area contributed by atoms with Crippen LogP contribution in [0, 0.1) is 0 Å². The van der Waals surface area contributed by atoms with Gasteiger partial charge >= 0.3 is 0 Å². The van der Waals surface area contributed by atoms with E-state index in [-0.39, 0.29) is 6.42 Å². The van der Waals surface area contributed by atoms with Crippen molar-refractivity contribution >= 4 is 10.1 Å². The van der Waals surface area contributed by atoms with Crippen molar-refractivity contribution in [2.45, 2.75) is 25.2 Å². The number of hydrogen-bond donors (Lipinski definition) is 2. The summed E-state index contributed by atoms with van der Waals surface area (Å²) in [6.45, 7) is 2.51. The molecule has 0 aromatic heterocycles. The first kappa shape index (κ1) is 8.87. The molecule has 1 atom stereocenters. The minimum absolute atomic E-state index is 0.0220. The highest BCUT2D eigenvalue weighted by Crippen LogP contribution is 2.14. The fraction of sp³-hybridized carbons (Fsp3) is 1.00. The lowest BCUT2D eigenvalue weighted by molar-refractivity contribution is 0.128. The standard InChI is InChI=1S/C4H10O4S/c1-3-4(2,5)9(6,7)8/h5H,3H2,1-2H3,(H,6,7,8). The summed E-state index contributed by atoms with van der Waals surface area (Å²) in [6, 6.07) is 0. The summed E-state index contributed by atoms with van der Waals surface area (Å²) in [6.07, 6.45) is -0.0220. The van der Waals surface area contributed by atoms with E-state index in [2.05, 4.69) is 0 Å².